The Morgan fingerprint density at radius 3 is 3.00 bits per heavy atom. The van der Waals surface area contributed by atoms with Gasteiger partial charge in [-0.1, -0.05) is 0 Å². The number of ether oxygens (including phenoxy) is 3. The summed E-state index contributed by atoms with van der Waals surface area (Å²) in [5.41, 5.74) is 0.921. The lowest BCUT2D eigenvalue weighted by molar-refractivity contribution is -0.0587. The van der Waals surface area contributed by atoms with E-state index in [1.165, 1.54) is 12.1 Å². The Labute approximate surface area is 109 Å². The molecular formula is C13H15F2NO3. The summed E-state index contributed by atoms with van der Waals surface area (Å²) in [4.78, 5) is 0. The number of fused-ring (bicyclic) bond motifs is 3. The van der Waals surface area contributed by atoms with Crippen LogP contribution in [0, 0.1) is 0 Å². The molecule has 3 atom stereocenters. The summed E-state index contributed by atoms with van der Waals surface area (Å²) in [6.45, 7) is 0.271. The van der Waals surface area contributed by atoms with E-state index in [4.69, 9.17) is 9.47 Å². The number of nitrogens with one attached hydrogen (secondary N) is 1. The normalized spacial score (nSPS) is 29.4. The SMILES string of the molecule is C[C@@H]1CO[C@@H]2COc3cc(OC(F)F)ccc3[C@@H]2N1. The van der Waals surface area contributed by atoms with Crippen molar-refractivity contribution >= 4 is 0 Å². The van der Waals surface area contributed by atoms with Gasteiger partial charge in [-0.15, -0.1) is 0 Å². The summed E-state index contributed by atoms with van der Waals surface area (Å²) in [6, 6.07) is 5.06. The van der Waals surface area contributed by atoms with Crippen LogP contribution < -0.4 is 14.8 Å². The van der Waals surface area contributed by atoms with E-state index in [-0.39, 0.29) is 23.9 Å². The lowest BCUT2D eigenvalue weighted by Gasteiger charge is -2.40. The second kappa shape index (κ2) is 4.94. The molecule has 0 saturated carbocycles. The molecule has 0 radical (unpaired) electrons. The van der Waals surface area contributed by atoms with Crippen molar-refractivity contribution in [2.45, 2.75) is 31.7 Å². The zero-order chi connectivity index (χ0) is 13.4. The van der Waals surface area contributed by atoms with Gasteiger partial charge in [-0.3, -0.25) is 0 Å². The summed E-state index contributed by atoms with van der Waals surface area (Å²) in [5, 5.41) is 3.44. The highest BCUT2D eigenvalue weighted by Gasteiger charge is 2.36. The molecule has 4 nitrogen and oxygen atoms in total. The third kappa shape index (κ3) is 2.50. The quantitative estimate of drug-likeness (QED) is 0.894. The van der Waals surface area contributed by atoms with Gasteiger partial charge in [-0.2, -0.15) is 8.78 Å². The molecule has 1 N–H and O–H groups in total. The van der Waals surface area contributed by atoms with Crippen LogP contribution in [-0.4, -0.2) is 32.0 Å². The molecule has 6 heteroatoms. The minimum absolute atomic E-state index is 0.0353. The Bertz CT molecular complexity index is 469. The van der Waals surface area contributed by atoms with Crippen molar-refractivity contribution < 1.29 is 23.0 Å². The largest absolute Gasteiger partial charge is 0.490 e. The number of benzene rings is 1. The lowest BCUT2D eigenvalue weighted by atomic mass is 9.96. The van der Waals surface area contributed by atoms with Crippen LogP contribution in [0.1, 0.15) is 18.5 Å². The second-order valence-corrected chi connectivity index (χ2v) is 4.81. The summed E-state index contributed by atoms with van der Waals surface area (Å²) in [5.74, 6) is 0.682. The average Bonchev–Trinajstić information content (AvgIpc) is 2.37. The highest BCUT2D eigenvalue weighted by Crippen LogP contribution is 2.37. The molecule has 0 aromatic heterocycles. The summed E-state index contributed by atoms with van der Waals surface area (Å²) < 4.78 is 40.0. The predicted molar refractivity (Wildman–Crippen MR) is 63.6 cm³/mol. The smallest absolute Gasteiger partial charge is 0.387 e. The zero-order valence-electron chi connectivity index (χ0n) is 10.4. The third-order valence-corrected chi connectivity index (χ3v) is 3.34. The van der Waals surface area contributed by atoms with Gasteiger partial charge in [0.1, 0.15) is 24.2 Å². The molecular weight excluding hydrogens is 256 g/mol. The Balaban J connectivity index is 1.86. The van der Waals surface area contributed by atoms with Crippen LogP contribution in [-0.2, 0) is 4.74 Å². The maximum atomic E-state index is 12.2. The monoisotopic (exact) mass is 271 g/mol. The molecule has 1 fully saturated rings. The van der Waals surface area contributed by atoms with Gasteiger partial charge in [-0.25, -0.2) is 0 Å². The van der Waals surface area contributed by atoms with Crippen LogP contribution in [0.2, 0.25) is 0 Å². The fraction of sp³-hybridized carbons (Fsp3) is 0.538. The molecule has 1 saturated heterocycles. The van der Waals surface area contributed by atoms with Crippen molar-refractivity contribution in [2.24, 2.45) is 0 Å². The molecule has 0 bridgehead atoms. The van der Waals surface area contributed by atoms with Crippen molar-refractivity contribution in [3.05, 3.63) is 23.8 Å². The van der Waals surface area contributed by atoms with Crippen LogP contribution in [0.15, 0.2) is 18.2 Å². The Hall–Kier alpha value is -1.40. The van der Waals surface area contributed by atoms with Crippen molar-refractivity contribution in [3.8, 4) is 11.5 Å². The van der Waals surface area contributed by atoms with Crippen LogP contribution in [0.5, 0.6) is 11.5 Å². The fourth-order valence-electron chi connectivity index (χ4n) is 2.51. The van der Waals surface area contributed by atoms with Gasteiger partial charge in [0.2, 0.25) is 0 Å². The van der Waals surface area contributed by atoms with E-state index in [9.17, 15) is 8.78 Å². The molecule has 104 valence electrons. The first-order chi connectivity index (χ1) is 9.13. The molecule has 1 aromatic carbocycles. The number of morpholine rings is 1. The summed E-state index contributed by atoms with van der Waals surface area (Å²) >= 11 is 0. The fourth-order valence-corrected chi connectivity index (χ4v) is 2.51. The van der Waals surface area contributed by atoms with E-state index in [0.29, 0.717) is 19.0 Å². The number of rotatable bonds is 2. The highest BCUT2D eigenvalue weighted by molar-refractivity contribution is 5.44. The number of hydrogen-bond donors (Lipinski definition) is 1. The molecule has 2 heterocycles. The van der Waals surface area contributed by atoms with Gasteiger partial charge in [0.25, 0.3) is 0 Å². The first-order valence-corrected chi connectivity index (χ1v) is 6.22. The molecule has 3 rings (SSSR count). The van der Waals surface area contributed by atoms with Gasteiger partial charge in [0.05, 0.1) is 12.6 Å². The van der Waals surface area contributed by atoms with Crippen molar-refractivity contribution in [1.29, 1.82) is 0 Å². The van der Waals surface area contributed by atoms with Crippen molar-refractivity contribution in [1.82, 2.24) is 5.32 Å². The maximum Gasteiger partial charge on any atom is 0.387 e. The van der Waals surface area contributed by atoms with Gasteiger partial charge in [0.15, 0.2) is 0 Å². The Kier molecular flexibility index (Phi) is 3.28. The standard InChI is InChI=1S/C13H15F2NO3/c1-7-5-17-11-6-18-10-4-8(19-13(14)15)2-3-9(10)12(11)16-7/h2-4,7,11-13,16H,5-6H2,1H3/t7-,11-,12+/m1/s1. The molecule has 0 unspecified atom stereocenters. The number of alkyl halides is 2. The first kappa shape index (κ1) is 12.6. The molecule has 0 aliphatic carbocycles. The minimum atomic E-state index is -2.83. The zero-order valence-corrected chi connectivity index (χ0v) is 10.4. The number of hydrogen-bond acceptors (Lipinski definition) is 4. The van der Waals surface area contributed by atoms with Crippen LogP contribution in [0.25, 0.3) is 0 Å². The molecule has 1 aromatic rings. The topological polar surface area (TPSA) is 39.7 Å². The Morgan fingerprint density at radius 2 is 2.21 bits per heavy atom. The van der Waals surface area contributed by atoms with E-state index >= 15 is 0 Å². The third-order valence-electron chi connectivity index (χ3n) is 3.34. The van der Waals surface area contributed by atoms with Gasteiger partial charge < -0.3 is 19.5 Å². The minimum Gasteiger partial charge on any atom is -0.490 e. The molecule has 2 aliphatic rings. The molecule has 0 amide bonds. The Morgan fingerprint density at radius 1 is 1.37 bits per heavy atom. The van der Waals surface area contributed by atoms with Gasteiger partial charge in [0, 0.05) is 17.7 Å². The van der Waals surface area contributed by atoms with Crippen molar-refractivity contribution in [3.63, 3.8) is 0 Å². The average molecular weight is 271 g/mol. The molecule has 2 aliphatic heterocycles. The van der Waals surface area contributed by atoms with Crippen molar-refractivity contribution in [2.75, 3.05) is 13.2 Å². The summed E-state index contributed by atoms with van der Waals surface area (Å²) in [6.07, 6.45) is -0.0365. The summed E-state index contributed by atoms with van der Waals surface area (Å²) in [7, 11) is 0. The van der Waals surface area contributed by atoms with E-state index < -0.39 is 6.61 Å². The molecule has 19 heavy (non-hydrogen) atoms. The van der Waals surface area contributed by atoms with E-state index in [1.54, 1.807) is 6.07 Å². The number of halogens is 2. The molecule has 0 spiro atoms. The van der Waals surface area contributed by atoms with Gasteiger partial charge in [-0.05, 0) is 19.1 Å². The van der Waals surface area contributed by atoms with Crippen LogP contribution in [0.3, 0.4) is 0 Å². The maximum absolute atomic E-state index is 12.2. The lowest BCUT2D eigenvalue weighted by Crippen LogP contribution is -2.51. The van der Waals surface area contributed by atoms with E-state index in [1.807, 2.05) is 6.92 Å². The van der Waals surface area contributed by atoms with E-state index in [0.717, 1.165) is 5.56 Å². The predicted octanol–water partition coefficient (Wildman–Crippen LogP) is 2.10. The van der Waals surface area contributed by atoms with Crippen LogP contribution >= 0.6 is 0 Å². The van der Waals surface area contributed by atoms with Crippen LogP contribution in [0.4, 0.5) is 8.78 Å². The highest BCUT2D eigenvalue weighted by atomic mass is 19.3. The van der Waals surface area contributed by atoms with Gasteiger partial charge >= 0.3 is 6.61 Å². The van der Waals surface area contributed by atoms with E-state index in [2.05, 4.69) is 10.1 Å². The second-order valence-electron chi connectivity index (χ2n) is 4.81. The first-order valence-electron chi connectivity index (χ1n) is 6.22.